The van der Waals surface area contributed by atoms with Crippen molar-refractivity contribution < 1.29 is 14.3 Å². The molecule has 7 nitrogen and oxygen atoms in total. The molecule has 0 bridgehead atoms. The van der Waals surface area contributed by atoms with Gasteiger partial charge in [-0.25, -0.2) is 4.52 Å². The van der Waals surface area contributed by atoms with E-state index in [1.807, 2.05) is 0 Å². The molecule has 0 aromatic carbocycles. The highest BCUT2D eigenvalue weighted by molar-refractivity contribution is 6.00. The van der Waals surface area contributed by atoms with Crippen molar-refractivity contribution in [2.45, 2.75) is 6.29 Å². The SMILES string of the molecule is COC(CNC(=O)c1cnn2ccncc12)OC. The molecule has 96 valence electrons. The Morgan fingerprint density at radius 3 is 2.94 bits per heavy atom. The molecule has 0 aliphatic carbocycles. The number of nitrogens with zero attached hydrogens (tertiary/aromatic N) is 3. The molecule has 1 amide bonds. The lowest BCUT2D eigenvalue weighted by atomic mass is 10.3. The fourth-order valence-electron chi connectivity index (χ4n) is 1.54. The van der Waals surface area contributed by atoms with Crippen LogP contribution in [0.2, 0.25) is 0 Å². The zero-order valence-electron chi connectivity index (χ0n) is 10.2. The van der Waals surface area contributed by atoms with Gasteiger partial charge >= 0.3 is 0 Å². The Morgan fingerprint density at radius 1 is 1.44 bits per heavy atom. The molecule has 2 rings (SSSR count). The quantitative estimate of drug-likeness (QED) is 0.760. The van der Waals surface area contributed by atoms with Crippen molar-refractivity contribution in [1.29, 1.82) is 0 Å². The Labute approximate surface area is 104 Å². The maximum atomic E-state index is 12.0. The van der Waals surface area contributed by atoms with E-state index in [-0.39, 0.29) is 12.5 Å². The first kappa shape index (κ1) is 12.5. The van der Waals surface area contributed by atoms with Crippen LogP contribution in [0.4, 0.5) is 0 Å². The Kier molecular flexibility index (Phi) is 3.85. The van der Waals surface area contributed by atoms with Gasteiger partial charge in [-0.15, -0.1) is 0 Å². The lowest BCUT2D eigenvalue weighted by Gasteiger charge is -2.13. The van der Waals surface area contributed by atoms with Crippen molar-refractivity contribution in [3.05, 3.63) is 30.4 Å². The van der Waals surface area contributed by atoms with Crippen LogP contribution in [-0.2, 0) is 9.47 Å². The van der Waals surface area contributed by atoms with E-state index in [9.17, 15) is 4.79 Å². The molecule has 2 heterocycles. The first-order valence-electron chi connectivity index (χ1n) is 5.37. The summed E-state index contributed by atoms with van der Waals surface area (Å²) in [5, 5.41) is 6.77. The van der Waals surface area contributed by atoms with Gasteiger partial charge < -0.3 is 14.8 Å². The molecule has 1 N–H and O–H groups in total. The lowest BCUT2D eigenvalue weighted by molar-refractivity contribution is -0.0974. The molecule has 0 atom stereocenters. The Hall–Kier alpha value is -1.99. The molecule has 0 saturated carbocycles. The van der Waals surface area contributed by atoms with Crippen molar-refractivity contribution in [1.82, 2.24) is 19.9 Å². The number of ether oxygens (including phenoxy) is 2. The standard InChI is InChI=1S/C11H14N4O3/c1-17-10(18-2)7-13-11(16)8-5-14-15-4-3-12-6-9(8)15/h3-6,10H,7H2,1-2H3,(H,13,16). The molecule has 2 aromatic rings. The van der Waals surface area contributed by atoms with E-state index in [0.29, 0.717) is 11.1 Å². The van der Waals surface area contributed by atoms with Crippen molar-refractivity contribution in [2.24, 2.45) is 0 Å². The fraction of sp³-hybridized carbons (Fsp3) is 0.364. The second-order valence-electron chi connectivity index (χ2n) is 3.58. The highest BCUT2D eigenvalue weighted by Gasteiger charge is 2.14. The number of amides is 1. The summed E-state index contributed by atoms with van der Waals surface area (Å²) >= 11 is 0. The van der Waals surface area contributed by atoms with Gasteiger partial charge in [0, 0.05) is 26.6 Å². The van der Waals surface area contributed by atoms with Gasteiger partial charge in [-0.05, 0) is 0 Å². The van der Waals surface area contributed by atoms with Gasteiger partial charge in [-0.1, -0.05) is 0 Å². The maximum Gasteiger partial charge on any atom is 0.255 e. The summed E-state index contributed by atoms with van der Waals surface area (Å²) in [4.78, 5) is 15.9. The molecule has 0 aliphatic heterocycles. The van der Waals surface area contributed by atoms with Gasteiger partial charge in [0.05, 0.1) is 30.0 Å². The van der Waals surface area contributed by atoms with E-state index >= 15 is 0 Å². The number of carbonyl (C=O) groups excluding carboxylic acids is 1. The van der Waals surface area contributed by atoms with Crippen molar-refractivity contribution in [3.63, 3.8) is 0 Å². The maximum absolute atomic E-state index is 12.0. The van der Waals surface area contributed by atoms with Crippen LogP contribution in [0.3, 0.4) is 0 Å². The molecular formula is C11H14N4O3. The number of nitrogens with one attached hydrogen (secondary N) is 1. The number of fused-ring (bicyclic) bond motifs is 1. The van der Waals surface area contributed by atoms with Gasteiger partial charge in [0.25, 0.3) is 5.91 Å². The number of aromatic nitrogens is 3. The van der Waals surface area contributed by atoms with Crippen LogP contribution >= 0.6 is 0 Å². The molecular weight excluding hydrogens is 236 g/mol. The molecule has 0 unspecified atom stereocenters. The molecule has 2 aromatic heterocycles. The summed E-state index contributed by atoms with van der Waals surface area (Å²) in [6.45, 7) is 0.267. The third-order valence-electron chi connectivity index (χ3n) is 2.52. The average Bonchev–Trinajstić information content (AvgIpc) is 2.83. The molecule has 0 fully saturated rings. The number of methoxy groups -OCH3 is 2. The molecule has 18 heavy (non-hydrogen) atoms. The Balaban J connectivity index is 2.09. The van der Waals surface area contributed by atoms with Crippen LogP contribution < -0.4 is 5.32 Å². The normalized spacial score (nSPS) is 11.1. The minimum atomic E-state index is -0.464. The molecule has 0 spiro atoms. The highest BCUT2D eigenvalue weighted by atomic mass is 16.7. The third-order valence-corrected chi connectivity index (χ3v) is 2.52. The van der Waals surface area contributed by atoms with Crippen LogP contribution in [0, 0.1) is 0 Å². The summed E-state index contributed by atoms with van der Waals surface area (Å²) in [6.07, 6.45) is 5.91. The van der Waals surface area contributed by atoms with Crippen LogP contribution in [0.25, 0.3) is 5.52 Å². The highest BCUT2D eigenvalue weighted by Crippen LogP contribution is 2.08. The van der Waals surface area contributed by atoms with E-state index in [4.69, 9.17) is 9.47 Å². The zero-order valence-corrected chi connectivity index (χ0v) is 10.2. The summed E-state index contributed by atoms with van der Waals surface area (Å²) in [5.74, 6) is -0.239. The lowest BCUT2D eigenvalue weighted by Crippen LogP contribution is -2.34. The molecule has 0 radical (unpaired) electrons. The van der Waals surface area contributed by atoms with Crippen molar-refractivity contribution in [2.75, 3.05) is 20.8 Å². The van der Waals surface area contributed by atoms with Gasteiger partial charge in [0.1, 0.15) is 0 Å². The molecule has 0 aliphatic rings. The van der Waals surface area contributed by atoms with Crippen LogP contribution in [0.1, 0.15) is 10.4 Å². The van der Waals surface area contributed by atoms with Crippen molar-refractivity contribution >= 4 is 11.4 Å². The second kappa shape index (κ2) is 5.56. The number of carbonyl (C=O) groups is 1. The largest absolute Gasteiger partial charge is 0.354 e. The van der Waals surface area contributed by atoms with Gasteiger partial charge in [-0.2, -0.15) is 5.10 Å². The summed E-state index contributed by atoms with van der Waals surface area (Å²) < 4.78 is 11.6. The number of rotatable bonds is 5. The first-order chi connectivity index (χ1) is 8.76. The monoisotopic (exact) mass is 250 g/mol. The van der Waals surface area contributed by atoms with Gasteiger partial charge in [0.15, 0.2) is 6.29 Å². The average molecular weight is 250 g/mol. The van der Waals surface area contributed by atoms with E-state index in [2.05, 4.69) is 15.4 Å². The molecule has 0 saturated heterocycles. The zero-order chi connectivity index (χ0) is 13.0. The summed E-state index contributed by atoms with van der Waals surface area (Å²) in [5.41, 5.74) is 1.12. The smallest absolute Gasteiger partial charge is 0.255 e. The van der Waals surface area contributed by atoms with E-state index in [0.717, 1.165) is 0 Å². The van der Waals surface area contributed by atoms with Crippen molar-refractivity contribution in [3.8, 4) is 0 Å². The predicted molar refractivity (Wildman–Crippen MR) is 63.1 cm³/mol. The number of hydrogen-bond acceptors (Lipinski definition) is 5. The Morgan fingerprint density at radius 2 is 2.22 bits per heavy atom. The van der Waals surface area contributed by atoms with Gasteiger partial charge in [-0.3, -0.25) is 9.78 Å². The minimum absolute atomic E-state index is 0.239. The first-order valence-corrected chi connectivity index (χ1v) is 5.37. The minimum Gasteiger partial charge on any atom is -0.354 e. The second-order valence-corrected chi connectivity index (χ2v) is 3.58. The van der Waals surface area contributed by atoms with Gasteiger partial charge in [0.2, 0.25) is 0 Å². The Bertz CT molecular complexity index is 536. The fourth-order valence-corrected chi connectivity index (χ4v) is 1.54. The van der Waals surface area contributed by atoms with E-state index in [1.165, 1.54) is 20.4 Å². The van der Waals surface area contributed by atoms with Crippen LogP contribution in [0.5, 0.6) is 0 Å². The number of hydrogen-bond donors (Lipinski definition) is 1. The van der Waals surface area contributed by atoms with E-state index < -0.39 is 6.29 Å². The molecule has 7 heteroatoms. The third kappa shape index (κ3) is 2.47. The topological polar surface area (TPSA) is 77.8 Å². The summed E-state index contributed by atoms with van der Waals surface area (Å²) in [6, 6.07) is 0. The van der Waals surface area contributed by atoms with E-state index in [1.54, 1.807) is 23.1 Å². The van der Waals surface area contributed by atoms with Crippen LogP contribution in [-0.4, -0.2) is 47.6 Å². The van der Waals surface area contributed by atoms with Crippen LogP contribution in [0.15, 0.2) is 24.8 Å². The predicted octanol–water partition coefficient (Wildman–Crippen LogP) is 0.0780. The summed E-state index contributed by atoms with van der Waals surface area (Å²) in [7, 11) is 3.03.